The molecule has 0 aliphatic rings. The molecule has 8 nitrogen and oxygen atoms in total. The topological polar surface area (TPSA) is 149 Å². The molecule has 0 saturated carbocycles. The van der Waals surface area contributed by atoms with Crippen molar-refractivity contribution >= 4 is 20.2 Å². The van der Waals surface area contributed by atoms with Crippen LogP contribution < -0.4 is 51.4 Å². The van der Waals surface area contributed by atoms with Gasteiger partial charge in [0.05, 0.1) is 0 Å². The van der Waals surface area contributed by atoms with Gasteiger partial charge in [-0.25, -0.2) is 0 Å². The molecule has 0 aliphatic carbocycles. The molecule has 4 N–H and O–H groups in total. The van der Waals surface area contributed by atoms with E-state index in [1.165, 1.54) is 0 Å². The van der Waals surface area contributed by atoms with E-state index in [-0.39, 0.29) is 52.8 Å². The van der Waals surface area contributed by atoms with E-state index < -0.39 is 41.5 Å². The molecule has 1 aromatic carbocycles. The Balaban J connectivity index is 0. The maximum Gasteiger partial charge on any atom is 1.00 e. The Morgan fingerprint density at radius 2 is 1.06 bits per heavy atom. The maximum absolute atomic E-state index is 10.6. The molecule has 0 aliphatic heterocycles. The number of phenolic OH excluding ortho intramolecular Hbond substituents is 2. The second-order valence-corrected chi connectivity index (χ2v) is 5.52. The molecule has 0 bridgehead atoms. The summed E-state index contributed by atoms with van der Waals surface area (Å²) in [4.78, 5) is -2.14. The van der Waals surface area contributed by atoms with Gasteiger partial charge in [0.25, 0.3) is 20.2 Å². The Morgan fingerprint density at radius 3 is 1.24 bits per heavy atom. The van der Waals surface area contributed by atoms with Crippen LogP contribution in [0.3, 0.4) is 0 Å². The van der Waals surface area contributed by atoms with Crippen LogP contribution >= 0.6 is 0 Å². The third kappa shape index (κ3) is 4.15. The molecule has 0 radical (unpaired) electrons. The van der Waals surface area contributed by atoms with Crippen LogP contribution in [0.1, 0.15) is 1.43 Å². The van der Waals surface area contributed by atoms with Crippen molar-refractivity contribution in [2.24, 2.45) is 0 Å². The summed E-state index contributed by atoms with van der Waals surface area (Å²) in [5, 5.41) is 18.2. The molecule has 0 atom stereocenters. The normalized spacial score (nSPS) is 11.9. The number of hydrogen-bond acceptors (Lipinski definition) is 6. The predicted octanol–water partition coefficient (Wildman–Crippen LogP) is -3.29. The summed E-state index contributed by atoms with van der Waals surface area (Å²) in [6, 6.07) is 0.599. The average Bonchev–Trinajstić information content (AvgIpc) is 2.04. The third-order valence-corrected chi connectivity index (χ3v) is 3.36. The fourth-order valence-electron chi connectivity index (χ4n) is 0.952. The quantitative estimate of drug-likeness (QED) is 0.252. The van der Waals surface area contributed by atoms with Crippen molar-refractivity contribution in [3.8, 4) is 11.5 Å². The largest absolute Gasteiger partial charge is 1.00 e. The summed E-state index contributed by atoms with van der Waals surface area (Å²) >= 11 is 0. The number of hydrogen-bond donors (Lipinski definition) is 4. The van der Waals surface area contributed by atoms with E-state index in [0.717, 1.165) is 0 Å². The van der Waals surface area contributed by atoms with Crippen LogP contribution in [0.4, 0.5) is 0 Å². The predicted molar refractivity (Wildman–Crippen MR) is 50.5 cm³/mol. The van der Waals surface area contributed by atoms with Gasteiger partial charge in [-0.05, 0) is 0 Å². The van der Waals surface area contributed by atoms with Crippen molar-refractivity contribution in [2.45, 2.75) is 9.79 Å². The van der Waals surface area contributed by atoms with Crippen molar-refractivity contribution in [3.05, 3.63) is 12.1 Å². The van der Waals surface area contributed by atoms with E-state index in [1.807, 2.05) is 0 Å². The van der Waals surface area contributed by atoms with E-state index in [4.69, 9.17) is 19.3 Å². The Kier molecular flexibility index (Phi) is 5.59. The zero-order chi connectivity index (χ0) is 12.7. The molecule has 0 heterocycles. The standard InChI is InChI=1S/C6H6O8S2.K.H/c7-3-1-5(15(9,10)11)4(8)2-6(3)16(12,13)14;;/h1-2,7-8H,(H,9,10,11)(H,12,13,14);;/q;+1;-1. The molecule has 1 rings (SSSR count). The van der Waals surface area contributed by atoms with Gasteiger partial charge in [0, 0.05) is 12.1 Å². The van der Waals surface area contributed by atoms with E-state index in [2.05, 4.69) is 0 Å². The van der Waals surface area contributed by atoms with Crippen molar-refractivity contribution in [3.63, 3.8) is 0 Å². The first-order chi connectivity index (χ1) is 7.03. The van der Waals surface area contributed by atoms with Crippen LogP contribution in [-0.2, 0) is 20.2 Å². The molecule has 0 spiro atoms. The summed E-state index contributed by atoms with van der Waals surface area (Å²) in [6.07, 6.45) is 0. The number of phenols is 2. The minimum Gasteiger partial charge on any atom is -1.00 e. The first kappa shape index (κ1) is 17.3. The van der Waals surface area contributed by atoms with Crippen molar-refractivity contribution < 1.29 is 89.0 Å². The van der Waals surface area contributed by atoms with E-state index in [0.29, 0.717) is 12.1 Å². The third-order valence-electron chi connectivity index (χ3n) is 1.60. The molecule has 92 valence electrons. The van der Waals surface area contributed by atoms with E-state index in [1.54, 1.807) is 0 Å². The van der Waals surface area contributed by atoms with Crippen LogP contribution in [-0.4, -0.2) is 36.2 Å². The molecule has 0 saturated heterocycles. The monoisotopic (exact) mass is 310 g/mol. The molecular weight excluding hydrogens is 303 g/mol. The Bertz CT molecular complexity index is 580. The van der Waals surface area contributed by atoms with Gasteiger partial charge in [0.15, 0.2) is 0 Å². The average molecular weight is 310 g/mol. The van der Waals surface area contributed by atoms with Gasteiger partial charge in [0.1, 0.15) is 21.3 Å². The van der Waals surface area contributed by atoms with Crippen molar-refractivity contribution in [2.75, 3.05) is 0 Å². The molecule has 0 amide bonds. The smallest absolute Gasteiger partial charge is 1.00 e. The molecule has 0 aromatic heterocycles. The number of aromatic hydroxyl groups is 2. The zero-order valence-corrected chi connectivity index (χ0v) is 13.1. The Hall–Kier alpha value is 0.276. The minimum absolute atomic E-state index is 0. The van der Waals surface area contributed by atoms with Gasteiger partial charge in [-0.2, -0.15) is 16.8 Å². The van der Waals surface area contributed by atoms with Crippen molar-refractivity contribution in [1.82, 2.24) is 0 Å². The van der Waals surface area contributed by atoms with Gasteiger partial charge < -0.3 is 11.6 Å². The number of rotatable bonds is 2. The van der Waals surface area contributed by atoms with Crippen molar-refractivity contribution in [1.29, 1.82) is 0 Å². The number of benzene rings is 1. The molecule has 0 unspecified atom stereocenters. The summed E-state index contributed by atoms with van der Waals surface area (Å²) in [7, 11) is -9.61. The van der Waals surface area contributed by atoms with Crippen LogP contribution in [0.5, 0.6) is 11.5 Å². The zero-order valence-electron chi connectivity index (χ0n) is 9.39. The fraction of sp³-hybridized carbons (Fsp3) is 0. The summed E-state index contributed by atoms with van der Waals surface area (Å²) < 4.78 is 59.7. The van der Waals surface area contributed by atoms with Crippen LogP contribution in [0.15, 0.2) is 21.9 Å². The first-order valence-electron chi connectivity index (χ1n) is 3.54. The Labute approximate surface area is 141 Å². The minimum atomic E-state index is -4.80. The second-order valence-electron chi connectivity index (χ2n) is 2.74. The summed E-state index contributed by atoms with van der Waals surface area (Å²) in [5.74, 6) is -2.24. The fourth-order valence-corrected chi connectivity index (χ4v) is 2.12. The molecule has 0 fully saturated rings. The Morgan fingerprint density at radius 1 is 0.824 bits per heavy atom. The van der Waals surface area contributed by atoms with Gasteiger partial charge >= 0.3 is 51.4 Å². The van der Waals surface area contributed by atoms with Gasteiger partial charge in [-0.15, -0.1) is 0 Å². The van der Waals surface area contributed by atoms with Crippen LogP contribution in [0.25, 0.3) is 0 Å². The first-order valence-corrected chi connectivity index (χ1v) is 6.42. The summed E-state index contributed by atoms with van der Waals surface area (Å²) in [6.45, 7) is 0. The van der Waals surface area contributed by atoms with Gasteiger partial charge in [-0.3, -0.25) is 9.11 Å². The maximum atomic E-state index is 10.6. The van der Waals surface area contributed by atoms with Crippen LogP contribution in [0, 0.1) is 0 Å². The van der Waals surface area contributed by atoms with E-state index >= 15 is 0 Å². The molecule has 11 heteroatoms. The van der Waals surface area contributed by atoms with Gasteiger partial charge in [-0.1, -0.05) is 0 Å². The van der Waals surface area contributed by atoms with Crippen LogP contribution in [0.2, 0.25) is 0 Å². The van der Waals surface area contributed by atoms with Gasteiger partial charge in [0.2, 0.25) is 0 Å². The molecular formula is C6H7KO8S2. The molecule has 1 aromatic rings. The second kappa shape index (κ2) is 5.50. The molecule has 17 heavy (non-hydrogen) atoms. The van der Waals surface area contributed by atoms with E-state index in [9.17, 15) is 16.8 Å². The SMILES string of the molecule is O=S(=O)(O)c1cc(O)c(S(=O)(=O)O)cc1O.[H-].[K+]. The summed E-state index contributed by atoms with van der Waals surface area (Å²) in [5.41, 5.74) is 0.